The summed E-state index contributed by atoms with van der Waals surface area (Å²) in [4.78, 5) is 2.44. The third-order valence-electron chi connectivity index (χ3n) is 3.87. The first-order valence-corrected chi connectivity index (χ1v) is 7.70. The number of anilines is 1. The van der Waals surface area contributed by atoms with Crippen molar-refractivity contribution in [1.82, 2.24) is 0 Å². The second kappa shape index (κ2) is 5.75. The third kappa shape index (κ3) is 2.40. The molecule has 1 aliphatic heterocycles. The second-order valence-corrected chi connectivity index (χ2v) is 5.55. The number of hydrogen-bond acceptors (Lipinski definition) is 2. The molecule has 1 aromatic rings. The molecule has 1 saturated heterocycles. The number of benzene rings is 1. The summed E-state index contributed by atoms with van der Waals surface area (Å²) in [6.07, 6.45) is 3.61. The molecule has 2 unspecified atom stereocenters. The van der Waals surface area contributed by atoms with Gasteiger partial charge in [-0.1, -0.05) is 28.9 Å². The van der Waals surface area contributed by atoms with Gasteiger partial charge in [-0.05, 0) is 43.9 Å². The van der Waals surface area contributed by atoms with Gasteiger partial charge in [-0.3, -0.25) is 0 Å². The largest absolute Gasteiger partial charge is 0.365 e. The Morgan fingerprint density at radius 2 is 2.22 bits per heavy atom. The molecule has 2 nitrogen and oxygen atoms in total. The van der Waals surface area contributed by atoms with Crippen molar-refractivity contribution < 1.29 is 0 Å². The SMILES string of the molecule is CCC1CCC(C)N1c1ccc(CBr)cc1C#N. The van der Waals surface area contributed by atoms with Crippen molar-refractivity contribution in [2.24, 2.45) is 0 Å². The van der Waals surface area contributed by atoms with Gasteiger partial charge in [0.15, 0.2) is 0 Å². The van der Waals surface area contributed by atoms with Crippen molar-refractivity contribution in [3.05, 3.63) is 29.3 Å². The summed E-state index contributed by atoms with van der Waals surface area (Å²) in [5, 5.41) is 10.2. The van der Waals surface area contributed by atoms with E-state index < -0.39 is 0 Å². The van der Waals surface area contributed by atoms with Gasteiger partial charge < -0.3 is 4.90 Å². The number of nitriles is 1. The molecule has 0 amide bonds. The van der Waals surface area contributed by atoms with E-state index in [-0.39, 0.29) is 0 Å². The molecular weight excluding hydrogens is 288 g/mol. The van der Waals surface area contributed by atoms with E-state index in [4.69, 9.17) is 0 Å². The van der Waals surface area contributed by atoms with Gasteiger partial charge in [0.25, 0.3) is 0 Å². The van der Waals surface area contributed by atoms with Crippen molar-refractivity contribution in [2.75, 3.05) is 4.90 Å². The number of hydrogen-bond donors (Lipinski definition) is 0. The van der Waals surface area contributed by atoms with Crippen LogP contribution in [0.4, 0.5) is 5.69 Å². The Kier molecular flexibility index (Phi) is 4.29. The Labute approximate surface area is 118 Å². The van der Waals surface area contributed by atoms with Gasteiger partial charge in [-0.25, -0.2) is 0 Å². The lowest BCUT2D eigenvalue weighted by atomic mass is 10.1. The Morgan fingerprint density at radius 3 is 2.83 bits per heavy atom. The fraction of sp³-hybridized carbons (Fsp3) is 0.533. The Morgan fingerprint density at radius 1 is 1.44 bits per heavy atom. The van der Waals surface area contributed by atoms with E-state index in [1.54, 1.807) is 0 Å². The zero-order valence-corrected chi connectivity index (χ0v) is 12.6. The Balaban J connectivity index is 2.41. The Hall–Kier alpha value is -1.01. The number of alkyl halides is 1. The first-order chi connectivity index (χ1) is 8.71. The van der Waals surface area contributed by atoms with Gasteiger partial charge in [0.1, 0.15) is 6.07 Å². The van der Waals surface area contributed by atoms with Crippen molar-refractivity contribution in [3.8, 4) is 6.07 Å². The average molecular weight is 307 g/mol. The van der Waals surface area contributed by atoms with Crippen LogP contribution in [0.2, 0.25) is 0 Å². The summed E-state index contributed by atoms with van der Waals surface area (Å²) in [5.41, 5.74) is 3.08. The number of halogens is 1. The summed E-state index contributed by atoms with van der Waals surface area (Å²) in [7, 11) is 0. The van der Waals surface area contributed by atoms with Crippen LogP contribution in [-0.2, 0) is 5.33 Å². The highest BCUT2D eigenvalue weighted by atomic mass is 79.9. The molecule has 96 valence electrons. The van der Waals surface area contributed by atoms with E-state index in [2.05, 4.69) is 52.9 Å². The van der Waals surface area contributed by atoms with E-state index in [1.165, 1.54) is 12.8 Å². The monoisotopic (exact) mass is 306 g/mol. The van der Waals surface area contributed by atoms with Gasteiger partial charge in [-0.2, -0.15) is 5.26 Å². The highest BCUT2D eigenvalue weighted by molar-refractivity contribution is 9.08. The molecule has 0 saturated carbocycles. The van der Waals surface area contributed by atoms with E-state index in [0.717, 1.165) is 28.6 Å². The molecule has 2 rings (SSSR count). The zero-order chi connectivity index (χ0) is 13.1. The lowest BCUT2D eigenvalue weighted by Crippen LogP contribution is -2.34. The standard InChI is InChI=1S/C15H19BrN2/c1-3-14-6-4-11(2)18(14)15-7-5-12(9-16)8-13(15)10-17/h5,7-8,11,14H,3-4,6,9H2,1-2H3. The maximum absolute atomic E-state index is 9.35. The van der Waals surface area contributed by atoms with Crippen LogP contribution in [0.15, 0.2) is 18.2 Å². The van der Waals surface area contributed by atoms with Gasteiger partial charge in [0.05, 0.1) is 11.3 Å². The fourth-order valence-electron chi connectivity index (χ4n) is 2.89. The molecule has 0 aliphatic carbocycles. The molecule has 1 aromatic carbocycles. The fourth-order valence-corrected chi connectivity index (χ4v) is 3.24. The maximum Gasteiger partial charge on any atom is 0.101 e. The molecule has 0 spiro atoms. The summed E-state index contributed by atoms with van der Waals surface area (Å²) < 4.78 is 0. The predicted octanol–water partition coefficient (Wildman–Crippen LogP) is 4.22. The highest BCUT2D eigenvalue weighted by Gasteiger charge is 2.30. The van der Waals surface area contributed by atoms with E-state index in [0.29, 0.717) is 12.1 Å². The summed E-state index contributed by atoms with van der Waals surface area (Å²) >= 11 is 3.44. The van der Waals surface area contributed by atoms with Crippen LogP contribution in [0.3, 0.4) is 0 Å². The van der Waals surface area contributed by atoms with Gasteiger partial charge >= 0.3 is 0 Å². The minimum atomic E-state index is 0.539. The second-order valence-electron chi connectivity index (χ2n) is 4.99. The Bertz CT molecular complexity index is 464. The molecule has 0 radical (unpaired) electrons. The zero-order valence-electron chi connectivity index (χ0n) is 11.0. The van der Waals surface area contributed by atoms with Crippen LogP contribution in [0.1, 0.15) is 44.2 Å². The predicted molar refractivity (Wildman–Crippen MR) is 79.0 cm³/mol. The summed E-state index contributed by atoms with van der Waals surface area (Å²) in [6, 6.07) is 9.70. The molecular formula is C15H19BrN2. The lowest BCUT2D eigenvalue weighted by molar-refractivity contribution is 0.627. The van der Waals surface area contributed by atoms with Gasteiger partial charge in [0.2, 0.25) is 0 Å². The van der Waals surface area contributed by atoms with Crippen LogP contribution in [-0.4, -0.2) is 12.1 Å². The smallest absolute Gasteiger partial charge is 0.101 e. The highest BCUT2D eigenvalue weighted by Crippen LogP contribution is 2.34. The molecule has 3 heteroatoms. The molecule has 1 heterocycles. The average Bonchev–Trinajstić information content (AvgIpc) is 2.78. The molecule has 0 bridgehead atoms. The quantitative estimate of drug-likeness (QED) is 0.782. The van der Waals surface area contributed by atoms with Gasteiger partial charge in [-0.15, -0.1) is 0 Å². The topological polar surface area (TPSA) is 27.0 Å². The minimum absolute atomic E-state index is 0.539. The first kappa shape index (κ1) is 13.4. The molecule has 0 N–H and O–H groups in total. The van der Waals surface area contributed by atoms with E-state index >= 15 is 0 Å². The number of nitrogens with zero attached hydrogens (tertiary/aromatic N) is 2. The van der Waals surface area contributed by atoms with Crippen LogP contribution < -0.4 is 4.90 Å². The van der Waals surface area contributed by atoms with Crippen molar-refractivity contribution in [3.63, 3.8) is 0 Å². The van der Waals surface area contributed by atoms with E-state index in [9.17, 15) is 5.26 Å². The minimum Gasteiger partial charge on any atom is -0.365 e. The maximum atomic E-state index is 9.35. The molecule has 1 fully saturated rings. The summed E-state index contributed by atoms with van der Waals surface area (Å²) in [5.74, 6) is 0. The van der Waals surface area contributed by atoms with Crippen LogP contribution in [0.25, 0.3) is 0 Å². The molecule has 2 atom stereocenters. The molecule has 1 aliphatic rings. The first-order valence-electron chi connectivity index (χ1n) is 6.58. The van der Waals surface area contributed by atoms with Crippen molar-refractivity contribution in [2.45, 2.75) is 50.5 Å². The molecule has 0 aromatic heterocycles. The number of rotatable bonds is 3. The third-order valence-corrected chi connectivity index (χ3v) is 4.52. The van der Waals surface area contributed by atoms with Crippen LogP contribution in [0.5, 0.6) is 0 Å². The van der Waals surface area contributed by atoms with Gasteiger partial charge in [0, 0.05) is 17.4 Å². The molecule has 18 heavy (non-hydrogen) atoms. The lowest BCUT2D eigenvalue weighted by Gasteiger charge is -2.31. The van der Waals surface area contributed by atoms with Crippen LogP contribution in [0, 0.1) is 11.3 Å². The summed E-state index contributed by atoms with van der Waals surface area (Å²) in [6.45, 7) is 4.49. The van der Waals surface area contributed by atoms with Crippen molar-refractivity contribution in [1.29, 1.82) is 5.26 Å². The van der Waals surface area contributed by atoms with Crippen LogP contribution >= 0.6 is 15.9 Å². The van der Waals surface area contributed by atoms with E-state index in [1.807, 2.05) is 6.07 Å². The van der Waals surface area contributed by atoms with Crippen molar-refractivity contribution >= 4 is 21.6 Å². The normalized spacial score (nSPS) is 23.1.